The second-order valence-corrected chi connectivity index (χ2v) is 8.90. The number of carbonyl (C=O) groups excluding carboxylic acids is 1. The van der Waals surface area contributed by atoms with E-state index >= 15 is 0 Å². The van der Waals surface area contributed by atoms with E-state index < -0.39 is 0 Å². The maximum Gasteiger partial charge on any atom is 0.330 e. The Kier molecular flexibility index (Phi) is 7.60. The van der Waals surface area contributed by atoms with Crippen molar-refractivity contribution in [1.82, 2.24) is 9.78 Å². The number of aromatic nitrogens is 2. The minimum Gasteiger partial charge on any atom is -0.463 e. The van der Waals surface area contributed by atoms with E-state index in [2.05, 4.69) is 90.5 Å². The zero-order chi connectivity index (χ0) is 26.3. The molecule has 0 aliphatic rings. The molecule has 0 radical (unpaired) electrons. The molecule has 4 aromatic carbocycles. The van der Waals surface area contributed by atoms with Crippen LogP contribution >= 0.6 is 0 Å². The second-order valence-electron chi connectivity index (χ2n) is 8.90. The molecule has 0 atom stereocenters. The molecule has 4 heteroatoms. The predicted molar refractivity (Wildman–Crippen MR) is 155 cm³/mol. The molecule has 0 spiro atoms. The molecule has 0 bridgehead atoms. The number of rotatable bonds is 8. The van der Waals surface area contributed by atoms with Gasteiger partial charge in [0.15, 0.2) is 0 Å². The van der Waals surface area contributed by atoms with Crippen LogP contribution in [0.5, 0.6) is 0 Å². The Morgan fingerprint density at radius 1 is 0.789 bits per heavy atom. The topological polar surface area (TPSA) is 44.1 Å². The fourth-order valence-corrected chi connectivity index (χ4v) is 4.75. The first-order valence-electron chi connectivity index (χ1n) is 13.0. The molecule has 0 saturated heterocycles. The lowest BCUT2D eigenvalue weighted by atomic mass is 9.97. The highest BCUT2D eigenvalue weighted by Crippen LogP contribution is 2.38. The summed E-state index contributed by atoms with van der Waals surface area (Å²) in [6.07, 6.45) is 4.08. The molecule has 0 aliphatic heterocycles. The van der Waals surface area contributed by atoms with Gasteiger partial charge >= 0.3 is 5.97 Å². The van der Waals surface area contributed by atoms with Crippen LogP contribution in [0, 0.1) is 0 Å². The van der Waals surface area contributed by atoms with Crippen molar-refractivity contribution in [2.45, 2.75) is 20.3 Å². The van der Waals surface area contributed by atoms with E-state index in [1.54, 1.807) is 13.0 Å². The first-order chi connectivity index (χ1) is 18.7. The number of esters is 1. The molecule has 4 nitrogen and oxygen atoms in total. The van der Waals surface area contributed by atoms with E-state index in [-0.39, 0.29) is 5.97 Å². The molecule has 1 aromatic heterocycles. The van der Waals surface area contributed by atoms with Crippen molar-refractivity contribution in [3.8, 4) is 39.2 Å². The molecule has 0 N–H and O–H groups in total. The molecular weight excluding hydrogens is 468 g/mol. The van der Waals surface area contributed by atoms with Crippen molar-refractivity contribution >= 4 is 12.0 Å². The molecule has 0 fully saturated rings. The van der Waals surface area contributed by atoms with E-state index in [0.29, 0.717) is 6.61 Å². The Morgan fingerprint density at radius 3 is 2.16 bits per heavy atom. The van der Waals surface area contributed by atoms with Crippen LogP contribution in [0.25, 0.3) is 45.3 Å². The highest BCUT2D eigenvalue weighted by atomic mass is 16.5. The number of benzene rings is 4. The van der Waals surface area contributed by atoms with Crippen LogP contribution in [0.2, 0.25) is 0 Å². The summed E-state index contributed by atoms with van der Waals surface area (Å²) in [4.78, 5) is 11.8. The lowest BCUT2D eigenvalue weighted by Gasteiger charge is -2.14. The Hall–Kier alpha value is -4.70. The average molecular weight is 499 g/mol. The van der Waals surface area contributed by atoms with E-state index in [1.807, 2.05) is 30.3 Å². The highest BCUT2D eigenvalue weighted by molar-refractivity contribution is 5.88. The van der Waals surface area contributed by atoms with Crippen LogP contribution in [-0.2, 0) is 16.0 Å². The zero-order valence-corrected chi connectivity index (χ0v) is 21.7. The van der Waals surface area contributed by atoms with Gasteiger partial charge in [0.05, 0.1) is 18.0 Å². The van der Waals surface area contributed by atoms with Gasteiger partial charge in [-0.1, -0.05) is 104 Å². The molecule has 0 amide bonds. The summed E-state index contributed by atoms with van der Waals surface area (Å²) >= 11 is 0. The first kappa shape index (κ1) is 25.0. The SMILES string of the molecule is CCOC(=O)/C=C/c1cccc(-c2ccccc2-n2nc(-c3ccccc3)c(-c3ccccc3)c2CC)c1. The van der Waals surface area contributed by atoms with Gasteiger partial charge in [0, 0.05) is 22.8 Å². The van der Waals surface area contributed by atoms with Gasteiger partial charge in [-0.25, -0.2) is 9.48 Å². The second kappa shape index (κ2) is 11.6. The Morgan fingerprint density at radius 2 is 1.45 bits per heavy atom. The normalized spacial score (nSPS) is 11.1. The summed E-state index contributed by atoms with van der Waals surface area (Å²) in [5, 5.41) is 5.23. The molecular formula is C34H30N2O2. The summed E-state index contributed by atoms with van der Waals surface area (Å²) in [5.41, 5.74) is 9.56. The number of hydrogen-bond donors (Lipinski definition) is 0. The van der Waals surface area contributed by atoms with E-state index in [9.17, 15) is 4.79 Å². The number of para-hydroxylation sites is 1. The number of hydrogen-bond acceptors (Lipinski definition) is 3. The van der Waals surface area contributed by atoms with Crippen LogP contribution in [0.4, 0.5) is 0 Å². The first-order valence-corrected chi connectivity index (χ1v) is 13.0. The van der Waals surface area contributed by atoms with Gasteiger partial charge in [-0.3, -0.25) is 0 Å². The van der Waals surface area contributed by atoms with Crippen molar-refractivity contribution in [3.05, 3.63) is 127 Å². The maximum atomic E-state index is 11.8. The third-order valence-electron chi connectivity index (χ3n) is 6.45. The van der Waals surface area contributed by atoms with Crippen molar-refractivity contribution < 1.29 is 9.53 Å². The zero-order valence-electron chi connectivity index (χ0n) is 21.7. The van der Waals surface area contributed by atoms with Gasteiger partial charge in [-0.15, -0.1) is 0 Å². The Labute approximate surface area is 223 Å². The van der Waals surface area contributed by atoms with Crippen LogP contribution in [0.15, 0.2) is 115 Å². The van der Waals surface area contributed by atoms with Gasteiger partial charge in [0.2, 0.25) is 0 Å². The standard InChI is InChI=1S/C34H30N2O2/c1-3-30-33(26-15-7-5-8-16-26)34(27-17-9-6-10-18-27)35-36(30)31-21-12-11-20-29(31)28-19-13-14-25(24-28)22-23-32(37)38-4-2/h5-24H,3-4H2,1-2H3/b23-22+. The van der Waals surface area contributed by atoms with Crippen LogP contribution < -0.4 is 0 Å². The van der Waals surface area contributed by atoms with E-state index in [4.69, 9.17) is 9.84 Å². The van der Waals surface area contributed by atoms with Crippen LogP contribution in [-0.4, -0.2) is 22.4 Å². The third kappa shape index (κ3) is 5.21. The van der Waals surface area contributed by atoms with E-state index in [0.717, 1.165) is 56.9 Å². The van der Waals surface area contributed by atoms with Crippen LogP contribution in [0.3, 0.4) is 0 Å². The molecule has 0 unspecified atom stereocenters. The molecule has 0 saturated carbocycles. The van der Waals surface area contributed by atoms with Gasteiger partial charge in [0.25, 0.3) is 0 Å². The number of ether oxygens (including phenoxy) is 1. The molecule has 188 valence electrons. The molecule has 5 aromatic rings. The lowest BCUT2D eigenvalue weighted by molar-refractivity contribution is -0.137. The summed E-state index contributed by atoms with van der Waals surface area (Å²) in [6.45, 7) is 4.34. The fraction of sp³-hybridized carbons (Fsp3) is 0.118. The van der Waals surface area contributed by atoms with Crippen molar-refractivity contribution in [2.24, 2.45) is 0 Å². The third-order valence-corrected chi connectivity index (χ3v) is 6.45. The number of nitrogens with zero attached hydrogens (tertiary/aromatic N) is 2. The minimum absolute atomic E-state index is 0.343. The summed E-state index contributed by atoms with van der Waals surface area (Å²) in [5.74, 6) is -0.343. The van der Waals surface area contributed by atoms with Crippen molar-refractivity contribution in [2.75, 3.05) is 6.61 Å². The molecule has 5 rings (SSSR count). The summed E-state index contributed by atoms with van der Waals surface area (Å²) in [6, 6.07) is 37.4. The van der Waals surface area contributed by atoms with Gasteiger partial charge in [-0.05, 0) is 48.2 Å². The van der Waals surface area contributed by atoms with Gasteiger partial charge in [0.1, 0.15) is 5.69 Å². The lowest BCUT2D eigenvalue weighted by Crippen LogP contribution is -2.04. The molecule has 38 heavy (non-hydrogen) atoms. The minimum atomic E-state index is -0.343. The molecule has 0 aliphatic carbocycles. The maximum absolute atomic E-state index is 11.8. The monoisotopic (exact) mass is 498 g/mol. The van der Waals surface area contributed by atoms with Gasteiger partial charge in [-0.2, -0.15) is 5.10 Å². The average Bonchev–Trinajstić information content (AvgIpc) is 3.37. The van der Waals surface area contributed by atoms with Crippen LogP contribution in [0.1, 0.15) is 25.1 Å². The predicted octanol–water partition coefficient (Wildman–Crippen LogP) is 8.01. The highest BCUT2D eigenvalue weighted by Gasteiger charge is 2.22. The van der Waals surface area contributed by atoms with Gasteiger partial charge < -0.3 is 4.74 Å². The van der Waals surface area contributed by atoms with Crippen molar-refractivity contribution in [1.29, 1.82) is 0 Å². The smallest absolute Gasteiger partial charge is 0.330 e. The Bertz CT molecular complexity index is 1570. The fourth-order valence-electron chi connectivity index (χ4n) is 4.75. The summed E-state index contributed by atoms with van der Waals surface area (Å²) in [7, 11) is 0. The number of carbonyl (C=O) groups is 1. The van der Waals surface area contributed by atoms with Crippen molar-refractivity contribution in [3.63, 3.8) is 0 Å². The Balaban J connectivity index is 1.67. The van der Waals surface area contributed by atoms with E-state index in [1.165, 1.54) is 6.08 Å². The summed E-state index contributed by atoms with van der Waals surface area (Å²) < 4.78 is 7.13. The molecule has 1 heterocycles. The largest absolute Gasteiger partial charge is 0.463 e. The quantitative estimate of drug-likeness (QED) is 0.161.